The fourth-order valence-corrected chi connectivity index (χ4v) is 2.63. The lowest BCUT2D eigenvalue weighted by Crippen LogP contribution is -2.47. The van der Waals surface area contributed by atoms with Crippen LogP contribution in [0.3, 0.4) is 0 Å². The van der Waals surface area contributed by atoms with Gasteiger partial charge in [-0.2, -0.15) is 13.2 Å². The van der Waals surface area contributed by atoms with E-state index in [2.05, 4.69) is 5.32 Å². The second kappa shape index (κ2) is 5.99. The largest absolute Gasteiger partial charge is 0.393 e. The van der Waals surface area contributed by atoms with Gasteiger partial charge in [-0.1, -0.05) is 12.8 Å². The van der Waals surface area contributed by atoms with E-state index in [1.807, 2.05) is 0 Å². The van der Waals surface area contributed by atoms with Crippen molar-refractivity contribution in [1.82, 2.24) is 5.32 Å². The van der Waals surface area contributed by atoms with Crippen LogP contribution in [0.4, 0.5) is 22.0 Å². The zero-order valence-corrected chi connectivity index (χ0v) is 11.0. The summed E-state index contributed by atoms with van der Waals surface area (Å²) in [4.78, 5) is 11.9. The number of carbonyl (C=O) groups excluding carboxylic acids is 1. The van der Waals surface area contributed by atoms with Crippen molar-refractivity contribution in [2.24, 2.45) is 5.92 Å². The molecule has 1 amide bonds. The lowest BCUT2D eigenvalue weighted by atomic mass is 9.84. The third-order valence-corrected chi connectivity index (χ3v) is 3.63. The third-order valence-electron chi connectivity index (χ3n) is 3.63. The molecule has 21 heavy (non-hydrogen) atoms. The van der Waals surface area contributed by atoms with Crippen LogP contribution in [0.1, 0.15) is 36.0 Å². The van der Waals surface area contributed by atoms with Gasteiger partial charge in [-0.15, -0.1) is 0 Å². The molecule has 0 unspecified atom stereocenters. The van der Waals surface area contributed by atoms with E-state index in [0.29, 0.717) is 18.9 Å². The number of halogens is 5. The number of nitrogens with one attached hydrogen (secondary N) is 1. The standard InChI is InChI=1S/C14H14F5NO/c15-9-5-8(6-10(16)7-9)13(21)20-12-4-2-1-3-11(12)14(17,18)19/h5-7,11-12H,1-4H2,(H,20,21)/t11-,12+/m1/s1. The van der Waals surface area contributed by atoms with Gasteiger partial charge in [-0.05, 0) is 25.0 Å². The summed E-state index contributed by atoms with van der Waals surface area (Å²) < 4.78 is 64.8. The van der Waals surface area contributed by atoms with E-state index in [1.54, 1.807) is 0 Å². The Morgan fingerprint density at radius 3 is 2.19 bits per heavy atom. The molecule has 0 heterocycles. The van der Waals surface area contributed by atoms with Gasteiger partial charge in [0.15, 0.2) is 0 Å². The summed E-state index contributed by atoms with van der Waals surface area (Å²) in [5, 5.41) is 2.25. The number of carbonyl (C=O) groups is 1. The van der Waals surface area contributed by atoms with E-state index in [1.165, 1.54) is 0 Å². The molecule has 0 aliphatic heterocycles. The van der Waals surface area contributed by atoms with Crippen LogP contribution in [-0.4, -0.2) is 18.1 Å². The molecule has 0 bridgehead atoms. The average molecular weight is 307 g/mol. The Morgan fingerprint density at radius 1 is 1.05 bits per heavy atom. The predicted octanol–water partition coefficient (Wildman–Crippen LogP) is 3.82. The van der Waals surface area contributed by atoms with Crippen LogP contribution in [0.5, 0.6) is 0 Å². The first kappa shape index (κ1) is 15.7. The molecule has 2 nitrogen and oxygen atoms in total. The lowest BCUT2D eigenvalue weighted by Gasteiger charge is -2.33. The van der Waals surface area contributed by atoms with Crippen LogP contribution in [0.2, 0.25) is 0 Å². The Hall–Kier alpha value is -1.66. The maximum atomic E-state index is 13.0. The first-order chi connectivity index (χ1) is 9.77. The first-order valence-electron chi connectivity index (χ1n) is 6.61. The summed E-state index contributed by atoms with van der Waals surface area (Å²) in [7, 11) is 0. The van der Waals surface area contributed by atoms with E-state index in [0.717, 1.165) is 12.1 Å². The highest BCUT2D eigenvalue weighted by Crippen LogP contribution is 2.37. The molecule has 1 aromatic rings. The predicted molar refractivity (Wildman–Crippen MR) is 65.6 cm³/mol. The van der Waals surface area contributed by atoms with Crippen LogP contribution in [-0.2, 0) is 0 Å². The summed E-state index contributed by atoms with van der Waals surface area (Å²) >= 11 is 0. The molecule has 0 radical (unpaired) electrons. The summed E-state index contributed by atoms with van der Waals surface area (Å²) in [6, 6.07) is 1.13. The molecule has 1 fully saturated rings. The molecule has 1 aromatic carbocycles. The highest BCUT2D eigenvalue weighted by atomic mass is 19.4. The fraction of sp³-hybridized carbons (Fsp3) is 0.500. The Bertz CT molecular complexity index is 508. The Labute approximate surface area is 118 Å². The van der Waals surface area contributed by atoms with Crippen LogP contribution in [0.15, 0.2) is 18.2 Å². The molecule has 1 saturated carbocycles. The first-order valence-corrected chi connectivity index (χ1v) is 6.61. The molecule has 2 atom stereocenters. The van der Waals surface area contributed by atoms with Gasteiger partial charge in [0.1, 0.15) is 11.6 Å². The van der Waals surface area contributed by atoms with Gasteiger partial charge in [0.2, 0.25) is 0 Å². The molecule has 116 valence electrons. The van der Waals surface area contributed by atoms with Crippen molar-refractivity contribution in [1.29, 1.82) is 0 Å². The Morgan fingerprint density at radius 2 is 1.62 bits per heavy atom. The molecule has 0 aromatic heterocycles. The molecule has 2 rings (SSSR count). The van der Waals surface area contributed by atoms with Crippen molar-refractivity contribution in [3.8, 4) is 0 Å². The van der Waals surface area contributed by atoms with Crippen molar-refractivity contribution in [2.45, 2.75) is 37.9 Å². The number of benzene rings is 1. The highest BCUT2D eigenvalue weighted by molar-refractivity contribution is 5.94. The van der Waals surface area contributed by atoms with Crippen molar-refractivity contribution in [2.75, 3.05) is 0 Å². The molecule has 7 heteroatoms. The van der Waals surface area contributed by atoms with Gasteiger partial charge < -0.3 is 5.32 Å². The number of hydrogen-bond donors (Lipinski definition) is 1. The van der Waals surface area contributed by atoms with Crippen LogP contribution in [0.25, 0.3) is 0 Å². The van der Waals surface area contributed by atoms with Crippen molar-refractivity contribution >= 4 is 5.91 Å². The number of alkyl halides is 3. The SMILES string of the molecule is O=C(N[C@H]1CCCC[C@H]1C(F)(F)F)c1cc(F)cc(F)c1. The number of amides is 1. The van der Waals surface area contributed by atoms with Gasteiger partial charge in [0.25, 0.3) is 5.91 Å². The highest BCUT2D eigenvalue weighted by Gasteiger charge is 2.46. The minimum absolute atomic E-state index is 0.0496. The van der Waals surface area contributed by atoms with Gasteiger partial charge in [0, 0.05) is 17.7 Å². The molecule has 0 spiro atoms. The molecule has 1 aliphatic carbocycles. The maximum Gasteiger partial charge on any atom is 0.393 e. The van der Waals surface area contributed by atoms with Gasteiger partial charge in [-0.25, -0.2) is 8.78 Å². The normalized spacial score (nSPS) is 22.9. The van der Waals surface area contributed by atoms with Gasteiger partial charge >= 0.3 is 6.18 Å². The lowest BCUT2D eigenvalue weighted by molar-refractivity contribution is -0.187. The maximum absolute atomic E-state index is 13.0. The van der Waals surface area contributed by atoms with Crippen LogP contribution < -0.4 is 5.32 Å². The smallest absolute Gasteiger partial charge is 0.349 e. The molecular formula is C14H14F5NO. The fourth-order valence-electron chi connectivity index (χ4n) is 2.63. The summed E-state index contributed by atoms with van der Waals surface area (Å²) in [6.07, 6.45) is -3.22. The Kier molecular flexibility index (Phi) is 4.49. The summed E-state index contributed by atoms with van der Waals surface area (Å²) in [5.41, 5.74) is -0.320. The second-order valence-corrected chi connectivity index (χ2v) is 5.17. The Balaban J connectivity index is 2.13. The van der Waals surface area contributed by atoms with Crippen molar-refractivity contribution in [3.05, 3.63) is 35.4 Å². The topological polar surface area (TPSA) is 29.1 Å². The zero-order chi connectivity index (χ0) is 15.6. The van der Waals surface area contributed by atoms with Crippen LogP contribution >= 0.6 is 0 Å². The summed E-state index contributed by atoms with van der Waals surface area (Å²) in [6.45, 7) is 0. The monoisotopic (exact) mass is 307 g/mol. The summed E-state index contributed by atoms with van der Waals surface area (Å²) in [5.74, 6) is -4.41. The number of rotatable bonds is 2. The van der Waals surface area contributed by atoms with E-state index in [-0.39, 0.29) is 18.4 Å². The molecule has 1 aliphatic rings. The second-order valence-electron chi connectivity index (χ2n) is 5.17. The minimum atomic E-state index is -4.40. The third kappa shape index (κ3) is 3.92. The van der Waals surface area contributed by atoms with E-state index >= 15 is 0 Å². The number of hydrogen-bond acceptors (Lipinski definition) is 1. The molecule has 0 saturated heterocycles. The van der Waals surface area contributed by atoms with Crippen molar-refractivity contribution < 1.29 is 26.7 Å². The quantitative estimate of drug-likeness (QED) is 0.827. The minimum Gasteiger partial charge on any atom is -0.349 e. The molecule has 1 N–H and O–H groups in total. The average Bonchev–Trinajstić information content (AvgIpc) is 2.37. The van der Waals surface area contributed by atoms with Gasteiger partial charge in [0.05, 0.1) is 5.92 Å². The van der Waals surface area contributed by atoms with E-state index in [4.69, 9.17) is 0 Å². The van der Waals surface area contributed by atoms with Crippen LogP contribution in [0, 0.1) is 17.6 Å². The van der Waals surface area contributed by atoms with Crippen molar-refractivity contribution in [3.63, 3.8) is 0 Å². The van der Waals surface area contributed by atoms with E-state index in [9.17, 15) is 26.7 Å². The zero-order valence-electron chi connectivity index (χ0n) is 11.0. The van der Waals surface area contributed by atoms with E-state index < -0.39 is 35.7 Å². The van der Waals surface area contributed by atoms with Gasteiger partial charge in [-0.3, -0.25) is 4.79 Å². The molecular weight excluding hydrogens is 293 g/mol.